The van der Waals surface area contributed by atoms with Crippen LogP contribution in [-0.4, -0.2) is 98.2 Å². The van der Waals surface area contributed by atoms with Crippen LogP contribution in [0.5, 0.6) is 5.75 Å². The first-order chi connectivity index (χ1) is 19.3. The first-order valence-corrected chi connectivity index (χ1v) is 14.3. The summed E-state index contributed by atoms with van der Waals surface area (Å²) in [5, 5.41) is 41.5. The van der Waals surface area contributed by atoms with Crippen molar-refractivity contribution in [3.63, 3.8) is 0 Å². The normalized spacial score (nSPS) is 35.8. The van der Waals surface area contributed by atoms with Gasteiger partial charge in [0.2, 0.25) is 5.91 Å². The third-order valence-corrected chi connectivity index (χ3v) is 9.57. The molecule has 228 valence electrons. The number of likely N-dealkylation sites (N-methyl/N-ethyl adjacent to an activating group) is 1. The van der Waals surface area contributed by atoms with E-state index in [9.17, 15) is 39.3 Å². The summed E-state index contributed by atoms with van der Waals surface area (Å²) in [5.74, 6) is -12.6. The third-order valence-electron chi connectivity index (χ3n) is 9.57. The van der Waals surface area contributed by atoms with E-state index in [0.717, 1.165) is 12.8 Å². The zero-order valence-corrected chi connectivity index (χ0v) is 24.7. The highest BCUT2D eigenvalue weighted by atomic mass is 16.3. The number of aromatic hydroxyl groups is 1. The van der Waals surface area contributed by atoms with Gasteiger partial charge in [0.1, 0.15) is 5.75 Å². The number of ketones is 4. The molecule has 12 heteroatoms. The summed E-state index contributed by atoms with van der Waals surface area (Å²) < 4.78 is 0. The molecule has 5 rings (SSSR count). The molecule has 0 aromatic heterocycles. The Labute approximate surface area is 244 Å². The number of aliphatic hydroxyl groups excluding tert-OH is 1. The summed E-state index contributed by atoms with van der Waals surface area (Å²) in [5.41, 5.74) is 2.55. The Morgan fingerprint density at radius 3 is 2.19 bits per heavy atom. The van der Waals surface area contributed by atoms with Crippen LogP contribution < -0.4 is 16.4 Å². The fourth-order valence-corrected chi connectivity index (χ4v) is 8.35. The number of anilines is 1. The maximum absolute atomic E-state index is 14.0. The topological polar surface area (TPSA) is 199 Å². The lowest BCUT2D eigenvalue weighted by molar-refractivity contribution is -0.195. The minimum atomic E-state index is -3.01. The Bertz CT molecular complexity index is 1390. The molecular weight excluding hydrogens is 544 g/mol. The number of hydrogen-bond donors (Lipinski definition) is 6. The maximum Gasteiger partial charge on any atom is 0.235 e. The largest absolute Gasteiger partial charge is 0.505 e. The third kappa shape index (κ3) is 4.38. The molecular formula is C30H40N4O8. The first kappa shape index (κ1) is 30.3. The molecule has 1 heterocycles. The predicted octanol–water partition coefficient (Wildman–Crippen LogP) is -0.441. The van der Waals surface area contributed by atoms with Crippen molar-refractivity contribution in [3.8, 4) is 5.75 Å². The number of primary amides is 1. The average molecular weight is 585 g/mol. The van der Waals surface area contributed by atoms with Crippen molar-refractivity contribution >= 4 is 34.7 Å². The average Bonchev–Trinajstić information content (AvgIpc) is 2.83. The lowest BCUT2D eigenvalue weighted by Crippen LogP contribution is -2.77. The summed E-state index contributed by atoms with van der Waals surface area (Å²) >= 11 is 0. The zero-order valence-electron chi connectivity index (χ0n) is 24.7. The molecule has 0 radical (unpaired) electrons. The second-order valence-electron chi connectivity index (χ2n) is 14.0. The van der Waals surface area contributed by atoms with Crippen molar-refractivity contribution in [1.29, 1.82) is 0 Å². The zero-order chi connectivity index (χ0) is 31.3. The Balaban J connectivity index is 1.55. The van der Waals surface area contributed by atoms with E-state index in [4.69, 9.17) is 5.73 Å². The van der Waals surface area contributed by atoms with Gasteiger partial charge in [-0.1, -0.05) is 6.07 Å². The molecule has 2 unspecified atom stereocenters. The molecule has 3 aliphatic carbocycles. The number of phenolic OH excluding ortho intramolecular Hbond substituents is 1. The summed E-state index contributed by atoms with van der Waals surface area (Å²) in [6.45, 7) is 8.34. The fourth-order valence-electron chi connectivity index (χ4n) is 8.35. The summed E-state index contributed by atoms with van der Waals surface area (Å²) in [6, 6.07) is 1.88. The van der Waals surface area contributed by atoms with Crippen LogP contribution in [0.3, 0.4) is 0 Å². The molecule has 0 bridgehead atoms. The first-order valence-electron chi connectivity index (χ1n) is 14.3. The lowest BCUT2D eigenvalue weighted by atomic mass is 9.51. The van der Waals surface area contributed by atoms with E-state index in [1.54, 1.807) is 12.1 Å². The Morgan fingerprint density at radius 1 is 1.05 bits per heavy atom. The number of Topliss-reactive ketones (excluding diaryl/α,β-unsaturated/α-hetero) is 4. The molecule has 2 saturated carbocycles. The molecule has 3 fully saturated rings. The van der Waals surface area contributed by atoms with Crippen LogP contribution in [0.1, 0.15) is 56.5 Å². The summed E-state index contributed by atoms with van der Waals surface area (Å²) in [4.78, 5) is 68.1. The predicted molar refractivity (Wildman–Crippen MR) is 151 cm³/mol. The molecule has 1 aromatic rings. The van der Waals surface area contributed by atoms with Gasteiger partial charge < -0.3 is 31.7 Å². The van der Waals surface area contributed by atoms with E-state index in [0.29, 0.717) is 11.3 Å². The smallest absolute Gasteiger partial charge is 0.235 e. The van der Waals surface area contributed by atoms with E-state index >= 15 is 0 Å². The molecule has 4 aliphatic rings. The Morgan fingerprint density at radius 2 is 1.64 bits per heavy atom. The summed E-state index contributed by atoms with van der Waals surface area (Å²) in [6.07, 6.45) is -0.184. The minimum Gasteiger partial charge on any atom is -0.505 e. The minimum absolute atomic E-state index is 0.0196. The lowest BCUT2D eigenvalue weighted by Gasteiger charge is -2.54. The van der Waals surface area contributed by atoms with Crippen molar-refractivity contribution in [2.24, 2.45) is 29.4 Å². The number of nitrogens with one attached hydrogen (secondary N) is 2. The number of hydrogen-bond acceptors (Lipinski definition) is 11. The van der Waals surface area contributed by atoms with E-state index < -0.39 is 70.5 Å². The number of nitrogens with two attached hydrogens (primary N) is 1. The quantitative estimate of drug-likeness (QED) is 0.198. The number of piperidine rings is 1. The van der Waals surface area contributed by atoms with E-state index in [-0.39, 0.29) is 34.9 Å². The number of phenols is 1. The molecule has 7 atom stereocenters. The van der Waals surface area contributed by atoms with Gasteiger partial charge in [-0.3, -0.25) is 28.9 Å². The monoisotopic (exact) mass is 584 g/mol. The van der Waals surface area contributed by atoms with Crippen LogP contribution in [0.2, 0.25) is 0 Å². The van der Waals surface area contributed by atoms with E-state index in [1.807, 2.05) is 0 Å². The highest BCUT2D eigenvalue weighted by Gasteiger charge is 2.72. The van der Waals surface area contributed by atoms with Crippen LogP contribution in [0.25, 0.3) is 0 Å². The maximum atomic E-state index is 14.0. The second kappa shape index (κ2) is 9.66. The van der Waals surface area contributed by atoms with Crippen molar-refractivity contribution in [2.75, 3.05) is 19.4 Å². The van der Waals surface area contributed by atoms with Gasteiger partial charge in [-0.25, -0.2) is 0 Å². The number of carbonyl (C=O) groups is 5. The van der Waals surface area contributed by atoms with Gasteiger partial charge >= 0.3 is 0 Å². The molecule has 0 spiro atoms. The standard InChI is InChI=1S/C30H40N4O8/c1-28(2)10-13(11-29(3,4)33-28)32-15-8-7-12-9-14-17(23(37)16(12)22(15)36)25(39)30(42)19(21(14)35)20(34(5)6)24(38)18(26(30)40)27(31)41/h7-8,13-14,17-21,32-33,35-36,42H,9-11H2,1-6H3,(H2,31,41)/t14-,17?,18?,19-,20+,21+,30+/m0/s1. The number of fused-ring (bicyclic) bond motifs is 3. The molecule has 1 amide bonds. The highest BCUT2D eigenvalue weighted by Crippen LogP contribution is 2.51. The fraction of sp³-hybridized carbons (Fsp3) is 0.633. The van der Waals surface area contributed by atoms with Crippen molar-refractivity contribution in [2.45, 2.75) is 81.8 Å². The van der Waals surface area contributed by atoms with Crippen LogP contribution in [-0.2, 0) is 25.6 Å². The van der Waals surface area contributed by atoms with Crippen molar-refractivity contribution in [3.05, 3.63) is 23.3 Å². The number of rotatable bonds is 4. The Hall–Kier alpha value is -3.19. The van der Waals surface area contributed by atoms with Crippen molar-refractivity contribution in [1.82, 2.24) is 10.2 Å². The van der Waals surface area contributed by atoms with Crippen LogP contribution >= 0.6 is 0 Å². The van der Waals surface area contributed by atoms with E-state index in [2.05, 4.69) is 38.3 Å². The Kier molecular flexibility index (Phi) is 6.97. The van der Waals surface area contributed by atoms with Gasteiger partial charge in [0.25, 0.3) is 0 Å². The molecule has 1 saturated heterocycles. The number of nitrogens with zero attached hydrogens (tertiary/aromatic N) is 1. The van der Waals surface area contributed by atoms with Crippen molar-refractivity contribution < 1.29 is 39.3 Å². The number of aliphatic hydroxyl groups is 2. The van der Waals surface area contributed by atoms with Gasteiger partial charge in [0.15, 0.2) is 34.7 Å². The summed E-state index contributed by atoms with van der Waals surface area (Å²) in [7, 11) is 2.91. The molecule has 12 nitrogen and oxygen atoms in total. The molecule has 1 aliphatic heterocycles. The van der Waals surface area contributed by atoms with Gasteiger partial charge in [-0.15, -0.1) is 0 Å². The van der Waals surface area contributed by atoms with Crippen LogP contribution in [0.4, 0.5) is 5.69 Å². The SMILES string of the molecule is CN(C)[C@H]1C(=O)C(C(N)=O)C(=O)[C@]2(O)C(=O)C3C(=O)c4c(ccc(NC5CC(C)(C)NC(C)(C)C5)c4O)C[C@@H]3[C@@H](O)[C@H]12. The van der Waals surface area contributed by atoms with Gasteiger partial charge in [0, 0.05) is 23.0 Å². The van der Waals surface area contributed by atoms with Crippen LogP contribution in [0.15, 0.2) is 12.1 Å². The van der Waals surface area contributed by atoms with Gasteiger partial charge in [-0.05, 0) is 72.7 Å². The molecule has 1 aromatic carbocycles. The number of benzene rings is 1. The second-order valence-corrected chi connectivity index (χ2v) is 14.0. The van der Waals surface area contributed by atoms with Gasteiger partial charge in [-0.2, -0.15) is 0 Å². The number of carbonyl (C=O) groups excluding carboxylic acids is 5. The molecule has 7 N–H and O–H groups in total. The molecule has 42 heavy (non-hydrogen) atoms. The van der Waals surface area contributed by atoms with Gasteiger partial charge in [0.05, 0.1) is 35.2 Å². The van der Waals surface area contributed by atoms with E-state index in [1.165, 1.54) is 19.0 Å². The number of amides is 1. The van der Waals surface area contributed by atoms with Crippen LogP contribution in [0, 0.1) is 23.7 Å². The highest BCUT2D eigenvalue weighted by molar-refractivity contribution is 6.32.